The number of hydrogen-bond acceptors (Lipinski definition) is 1. The Labute approximate surface area is 239 Å². The zero-order chi connectivity index (χ0) is 27.3. The molecular formula is C39H28N2. The minimum atomic E-state index is 1.13. The molecule has 8 aromatic rings. The van der Waals surface area contributed by atoms with Gasteiger partial charge in [-0.05, 0) is 57.6 Å². The molecule has 1 heterocycles. The van der Waals surface area contributed by atoms with E-state index in [0.717, 1.165) is 17.1 Å². The lowest BCUT2D eigenvalue weighted by Crippen LogP contribution is -2.11. The molecule has 0 radical (unpaired) electrons. The van der Waals surface area contributed by atoms with Gasteiger partial charge < -0.3 is 9.47 Å². The summed E-state index contributed by atoms with van der Waals surface area (Å²) < 4.78 is 2.41. The molecule has 7 aromatic carbocycles. The largest absolute Gasteiger partial charge is 0.341 e. The van der Waals surface area contributed by atoms with Crippen LogP contribution >= 0.6 is 0 Å². The normalized spacial score (nSPS) is 11.5. The molecule has 0 N–H and O–H groups in total. The summed E-state index contributed by atoms with van der Waals surface area (Å²) in [7, 11) is 2.22. The van der Waals surface area contributed by atoms with Gasteiger partial charge in [0, 0.05) is 34.6 Å². The highest BCUT2D eigenvalue weighted by molar-refractivity contribution is 6.32. The third-order valence-corrected chi connectivity index (χ3v) is 8.33. The van der Waals surface area contributed by atoms with Gasteiger partial charge in [-0.15, -0.1) is 0 Å². The number of rotatable bonds is 4. The molecule has 0 aliphatic rings. The quantitative estimate of drug-likeness (QED) is 0.208. The van der Waals surface area contributed by atoms with Crippen molar-refractivity contribution in [1.82, 2.24) is 4.57 Å². The first kappa shape index (κ1) is 23.5. The minimum Gasteiger partial charge on any atom is -0.341 e. The molecule has 0 bridgehead atoms. The van der Waals surface area contributed by atoms with E-state index in [9.17, 15) is 0 Å². The third kappa shape index (κ3) is 3.65. The zero-order valence-electron chi connectivity index (χ0n) is 22.8. The molecular weight excluding hydrogens is 496 g/mol. The average molecular weight is 525 g/mol. The second kappa shape index (κ2) is 9.39. The Bertz CT molecular complexity index is 2210. The molecule has 0 saturated carbocycles. The Kier molecular flexibility index (Phi) is 5.39. The van der Waals surface area contributed by atoms with E-state index >= 15 is 0 Å². The van der Waals surface area contributed by atoms with Crippen molar-refractivity contribution in [2.24, 2.45) is 7.05 Å². The van der Waals surface area contributed by atoms with Gasteiger partial charge in [0.25, 0.3) is 0 Å². The fourth-order valence-electron chi connectivity index (χ4n) is 6.58. The van der Waals surface area contributed by atoms with Crippen molar-refractivity contribution in [2.75, 3.05) is 4.90 Å². The molecule has 0 aliphatic heterocycles. The highest BCUT2D eigenvalue weighted by atomic mass is 15.2. The van der Waals surface area contributed by atoms with Crippen LogP contribution in [0.2, 0.25) is 0 Å². The Morgan fingerprint density at radius 2 is 0.951 bits per heavy atom. The summed E-state index contributed by atoms with van der Waals surface area (Å²) in [5.74, 6) is 0. The van der Waals surface area contributed by atoms with Gasteiger partial charge in [0.05, 0.1) is 16.7 Å². The Morgan fingerprint density at radius 3 is 1.71 bits per heavy atom. The van der Waals surface area contributed by atoms with Gasteiger partial charge in [-0.2, -0.15) is 0 Å². The van der Waals surface area contributed by atoms with Crippen molar-refractivity contribution >= 4 is 60.4 Å². The van der Waals surface area contributed by atoms with Crippen LogP contribution in [0.4, 0.5) is 17.1 Å². The Morgan fingerprint density at radius 1 is 0.415 bits per heavy atom. The number of para-hydroxylation sites is 2. The van der Waals surface area contributed by atoms with Crippen LogP contribution < -0.4 is 4.90 Å². The maximum atomic E-state index is 2.41. The second-order valence-corrected chi connectivity index (χ2v) is 10.6. The fraction of sp³-hybridized carbons (Fsp3) is 0.0256. The van der Waals surface area contributed by atoms with Crippen LogP contribution in [0.1, 0.15) is 0 Å². The maximum Gasteiger partial charge on any atom is 0.0734 e. The van der Waals surface area contributed by atoms with Gasteiger partial charge in [-0.25, -0.2) is 0 Å². The lowest BCUT2D eigenvalue weighted by atomic mass is 9.96. The van der Waals surface area contributed by atoms with E-state index in [1.54, 1.807) is 0 Å². The number of aryl methyl sites for hydroxylation is 1. The topological polar surface area (TPSA) is 8.17 Å². The summed E-state index contributed by atoms with van der Waals surface area (Å²) >= 11 is 0. The van der Waals surface area contributed by atoms with Crippen molar-refractivity contribution in [1.29, 1.82) is 0 Å². The van der Waals surface area contributed by atoms with Gasteiger partial charge in [0.15, 0.2) is 0 Å². The predicted molar refractivity (Wildman–Crippen MR) is 176 cm³/mol. The summed E-state index contributed by atoms with van der Waals surface area (Å²) in [5, 5.41) is 7.73. The van der Waals surface area contributed by atoms with E-state index in [4.69, 9.17) is 0 Å². The van der Waals surface area contributed by atoms with Crippen LogP contribution in [0, 0.1) is 0 Å². The lowest BCUT2D eigenvalue weighted by molar-refractivity contribution is 1.02. The number of hydrogen-bond donors (Lipinski definition) is 0. The van der Waals surface area contributed by atoms with Gasteiger partial charge in [-0.3, -0.25) is 0 Å². The number of anilines is 3. The molecule has 1 aromatic heterocycles. The Balaban J connectivity index is 1.48. The number of fused-ring (bicyclic) bond motifs is 8. The van der Waals surface area contributed by atoms with Crippen LogP contribution in [0.25, 0.3) is 54.5 Å². The van der Waals surface area contributed by atoms with Crippen LogP contribution in [0.5, 0.6) is 0 Å². The van der Waals surface area contributed by atoms with Gasteiger partial charge in [0.1, 0.15) is 0 Å². The average Bonchev–Trinajstić information content (AvgIpc) is 3.36. The van der Waals surface area contributed by atoms with Crippen LogP contribution in [-0.4, -0.2) is 4.57 Å². The molecule has 0 amide bonds. The molecule has 0 saturated heterocycles. The van der Waals surface area contributed by atoms with Gasteiger partial charge in [-0.1, -0.05) is 121 Å². The monoisotopic (exact) mass is 524 g/mol. The first-order valence-electron chi connectivity index (χ1n) is 14.1. The highest BCUT2D eigenvalue weighted by Gasteiger charge is 2.22. The highest BCUT2D eigenvalue weighted by Crippen LogP contribution is 2.46. The van der Waals surface area contributed by atoms with E-state index in [1.165, 1.54) is 54.5 Å². The molecule has 8 rings (SSSR count). The van der Waals surface area contributed by atoms with E-state index in [1.807, 2.05) is 0 Å². The van der Waals surface area contributed by atoms with E-state index in [2.05, 4.69) is 168 Å². The van der Waals surface area contributed by atoms with E-state index < -0.39 is 0 Å². The Hall–Kier alpha value is -5.34. The minimum absolute atomic E-state index is 1.13. The number of aromatic nitrogens is 1. The molecule has 0 unspecified atom stereocenters. The van der Waals surface area contributed by atoms with E-state index in [-0.39, 0.29) is 0 Å². The van der Waals surface area contributed by atoms with Gasteiger partial charge >= 0.3 is 0 Å². The summed E-state index contributed by atoms with van der Waals surface area (Å²) in [6.45, 7) is 0. The van der Waals surface area contributed by atoms with Crippen LogP contribution in [-0.2, 0) is 7.05 Å². The molecule has 2 heteroatoms. The standard InChI is InChI=1S/C39H28N2/c1-40-38-35(37-33-22-10-8-20-31(33)32-21-9-11-23-34(32)39(37)40)24-13-25-36(38)41(29-17-6-3-7-18-29)30-19-12-16-28(26-30)27-14-4-2-5-15-27/h2-26H,1H3. The second-order valence-electron chi connectivity index (χ2n) is 10.6. The van der Waals surface area contributed by atoms with Gasteiger partial charge in [0.2, 0.25) is 0 Å². The van der Waals surface area contributed by atoms with Crippen molar-refractivity contribution in [3.8, 4) is 11.1 Å². The summed E-state index contributed by atoms with van der Waals surface area (Å²) in [6, 6.07) is 54.6. The van der Waals surface area contributed by atoms with Crippen LogP contribution in [0.15, 0.2) is 152 Å². The first-order chi connectivity index (χ1) is 20.3. The fourth-order valence-corrected chi connectivity index (χ4v) is 6.58. The maximum absolute atomic E-state index is 2.41. The summed E-state index contributed by atoms with van der Waals surface area (Å²) in [4.78, 5) is 2.40. The third-order valence-electron chi connectivity index (χ3n) is 8.33. The van der Waals surface area contributed by atoms with Crippen molar-refractivity contribution in [2.45, 2.75) is 0 Å². The van der Waals surface area contributed by atoms with Crippen molar-refractivity contribution in [3.05, 3.63) is 152 Å². The zero-order valence-corrected chi connectivity index (χ0v) is 22.8. The smallest absolute Gasteiger partial charge is 0.0734 e. The van der Waals surface area contributed by atoms with Crippen molar-refractivity contribution in [3.63, 3.8) is 0 Å². The molecule has 0 spiro atoms. The number of benzene rings is 7. The molecule has 0 fully saturated rings. The SMILES string of the molecule is Cn1c2c(N(c3ccccc3)c3cccc(-c4ccccc4)c3)cccc2c2c3ccccc3c3ccccc3c21. The molecule has 2 nitrogen and oxygen atoms in total. The number of nitrogens with zero attached hydrogens (tertiary/aromatic N) is 2. The summed E-state index contributed by atoms with van der Waals surface area (Å²) in [6.07, 6.45) is 0. The lowest BCUT2D eigenvalue weighted by Gasteiger charge is -2.27. The van der Waals surface area contributed by atoms with Crippen molar-refractivity contribution < 1.29 is 0 Å². The first-order valence-corrected chi connectivity index (χ1v) is 14.1. The van der Waals surface area contributed by atoms with Crippen LogP contribution in [0.3, 0.4) is 0 Å². The molecule has 0 aliphatic carbocycles. The predicted octanol–water partition coefficient (Wildman–Crippen LogP) is 10.8. The molecule has 41 heavy (non-hydrogen) atoms. The summed E-state index contributed by atoms with van der Waals surface area (Å²) in [5.41, 5.74) is 8.32. The molecule has 0 atom stereocenters. The molecule has 194 valence electrons. The van der Waals surface area contributed by atoms with E-state index in [0.29, 0.717) is 0 Å².